The highest BCUT2D eigenvalue weighted by Gasteiger charge is 2.18. The van der Waals surface area contributed by atoms with Crippen LogP contribution in [0.2, 0.25) is 0 Å². The smallest absolute Gasteiger partial charge is 0.231 e. The Bertz CT molecular complexity index is 655. The fraction of sp³-hybridized carbons (Fsp3) is 0.429. The average Bonchev–Trinajstić information content (AvgIpc) is 3.00. The van der Waals surface area contributed by atoms with Crippen LogP contribution in [0.15, 0.2) is 12.1 Å². The number of ether oxygens (including phenoxy) is 2. The number of benzene rings is 1. The number of rotatable bonds is 4. The maximum absolute atomic E-state index is 8.65. The quantitative estimate of drug-likeness (QED) is 0.790. The fourth-order valence-corrected chi connectivity index (χ4v) is 2.40. The summed E-state index contributed by atoms with van der Waals surface area (Å²) < 4.78 is 13.0. The zero-order chi connectivity index (χ0) is 13.2. The third-order valence-corrected chi connectivity index (χ3v) is 3.31. The Hall–Kier alpha value is -2.22. The fourth-order valence-electron chi connectivity index (χ4n) is 2.40. The maximum atomic E-state index is 8.65. The Balaban J connectivity index is 2.05. The van der Waals surface area contributed by atoms with E-state index in [1.54, 1.807) is 0 Å². The lowest BCUT2D eigenvalue weighted by atomic mass is 10.2. The van der Waals surface area contributed by atoms with Crippen molar-refractivity contribution in [3.63, 3.8) is 0 Å². The van der Waals surface area contributed by atoms with Gasteiger partial charge >= 0.3 is 0 Å². The molecule has 2 heterocycles. The molecule has 0 aliphatic carbocycles. The van der Waals surface area contributed by atoms with Crippen molar-refractivity contribution in [1.29, 1.82) is 5.26 Å². The Morgan fingerprint density at radius 2 is 2.16 bits per heavy atom. The molecule has 3 rings (SSSR count). The molecule has 0 N–H and O–H groups in total. The van der Waals surface area contributed by atoms with E-state index in [1.807, 2.05) is 12.1 Å². The SMILES string of the molecule is CCc1nc2cc3c(cc2n1CCCC#N)OCO3. The van der Waals surface area contributed by atoms with Gasteiger partial charge in [0.25, 0.3) is 0 Å². The van der Waals surface area contributed by atoms with E-state index in [-0.39, 0.29) is 6.79 Å². The summed E-state index contributed by atoms with van der Waals surface area (Å²) in [7, 11) is 0. The summed E-state index contributed by atoms with van der Waals surface area (Å²) in [5.74, 6) is 2.57. The Kier molecular flexibility index (Phi) is 3.00. The molecule has 98 valence electrons. The number of imidazole rings is 1. The van der Waals surface area contributed by atoms with Crippen LogP contribution in [0.1, 0.15) is 25.6 Å². The van der Waals surface area contributed by atoms with Gasteiger partial charge < -0.3 is 14.0 Å². The summed E-state index contributed by atoms with van der Waals surface area (Å²) in [6.45, 7) is 3.17. The van der Waals surface area contributed by atoms with Gasteiger partial charge in [0, 0.05) is 31.5 Å². The minimum absolute atomic E-state index is 0.275. The van der Waals surface area contributed by atoms with Crippen molar-refractivity contribution < 1.29 is 9.47 Å². The number of nitriles is 1. The molecule has 1 aromatic carbocycles. The molecule has 0 radical (unpaired) electrons. The summed E-state index contributed by atoms with van der Waals surface area (Å²) in [5.41, 5.74) is 1.98. The van der Waals surface area contributed by atoms with Crippen LogP contribution < -0.4 is 9.47 Å². The lowest BCUT2D eigenvalue weighted by molar-refractivity contribution is 0.174. The van der Waals surface area contributed by atoms with E-state index in [4.69, 9.17) is 14.7 Å². The molecule has 0 saturated carbocycles. The highest BCUT2D eigenvalue weighted by molar-refractivity contribution is 5.81. The van der Waals surface area contributed by atoms with Crippen molar-refractivity contribution in [3.8, 4) is 17.6 Å². The van der Waals surface area contributed by atoms with Crippen LogP contribution in [0.5, 0.6) is 11.5 Å². The monoisotopic (exact) mass is 257 g/mol. The second-order valence-corrected chi connectivity index (χ2v) is 4.49. The number of nitrogens with zero attached hydrogens (tertiary/aromatic N) is 3. The molecule has 0 saturated heterocycles. The predicted molar refractivity (Wildman–Crippen MR) is 70.1 cm³/mol. The minimum atomic E-state index is 0.275. The van der Waals surface area contributed by atoms with Gasteiger partial charge in [-0.25, -0.2) is 4.98 Å². The van der Waals surface area contributed by atoms with Crippen LogP contribution in [-0.2, 0) is 13.0 Å². The van der Waals surface area contributed by atoms with Crippen LogP contribution in [0.25, 0.3) is 11.0 Å². The van der Waals surface area contributed by atoms with Gasteiger partial charge in [0.2, 0.25) is 6.79 Å². The van der Waals surface area contributed by atoms with Gasteiger partial charge in [-0.05, 0) is 6.42 Å². The minimum Gasteiger partial charge on any atom is -0.454 e. The van der Waals surface area contributed by atoms with Gasteiger partial charge in [-0.2, -0.15) is 5.26 Å². The van der Waals surface area contributed by atoms with Crippen LogP contribution in [0.4, 0.5) is 0 Å². The summed E-state index contributed by atoms with van der Waals surface area (Å²) in [4.78, 5) is 4.63. The van der Waals surface area contributed by atoms with Crippen molar-refractivity contribution in [2.24, 2.45) is 0 Å². The summed E-state index contributed by atoms with van der Waals surface area (Å²) in [6, 6.07) is 6.09. The molecular formula is C14H15N3O2. The molecule has 5 heteroatoms. The molecule has 0 unspecified atom stereocenters. The van der Waals surface area contributed by atoms with Crippen LogP contribution in [-0.4, -0.2) is 16.3 Å². The standard InChI is InChI=1S/C14H15N3O2/c1-2-14-16-10-7-12-13(19-9-18-12)8-11(10)17(14)6-4-3-5-15/h7-8H,2-4,6,9H2,1H3. The van der Waals surface area contributed by atoms with E-state index in [1.165, 1.54) is 0 Å². The Morgan fingerprint density at radius 3 is 2.89 bits per heavy atom. The first-order valence-corrected chi connectivity index (χ1v) is 6.49. The molecule has 0 atom stereocenters. The van der Waals surface area contributed by atoms with Gasteiger partial charge in [0.15, 0.2) is 11.5 Å². The highest BCUT2D eigenvalue weighted by atomic mass is 16.7. The Morgan fingerprint density at radius 1 is 1.37 bits per heavy atom. The highest BCUT2D eigenvalue weighted by Crippen LogP contribution is 2.36. The molecule has 19 heavy (non-hydrogen) atoms. The molecule has 0 fully saturated rings. The summed E-state index contributed by atoms with van der Waals surface area (Å²) in [6.07, 6.45) is 2.27. The summed E-state index contributed by atoms with van der Waals surface area (Å²) >= 11 is 0. The van der Waals surface area contributed by atoms with Crippen molar-refractivity contribution >= 4 is 11.0 Å². The number of fused-ring (bicyclic) bond motifs is 2. The molecule has 1 aliphatic heterocycles. The van der Waals surface area contributed by atoms with Gasteiger partial charge in [-0.1, -0.05) is 6.92 Å². The molecule has 1 aliphatic rings. The van der Waals surface area contributed by atoms with E-state index in [2.05, 4.69) is 22.5 Å². The van der Waals surface area contributed by atoms with Gasteiger partial charge in [0.1, 0.15) is 5.82 Å². The van der Waals surface area contributed by atoms with Gasteiger partial charge in [0.05, 0.1) is 17.1 Å². The molecule has 0 bridgehead atoms. The topological polar surface area (TPSA) is 60.1 Å². The largest absolute Gasteiger partial charge is 0.454 e. The van der Waals surface area contributed by atoms with Gasteiger partial charge in [-0.3, -0.25) is 0 Å². The van der Waals surface area contributed by atoms with Crippen molar-refractivity contribution in [2.45, 2.75) is 32.7 Å². The van der Waals surface area contributed by atoms with E-state index >= 15 is 0 Å². The van der Waals surface area contributed by atoms with E-state index in [0.29, 0.717) is 6.42 Å². The Labute approximate surface area is 111 Å². The first-order chi connectivity index (χ1) is 9.33. The van der Waals surface area contributed by atoms with Crippen LogP contribution >= 0.6 is 0 Å². The average molecular weight is 257 g/mol. The number of aromatic nitrogens is 2. The van der Waals surface area contributed by atoms with Crippen molar-refractivity contribution in [2.75, 3.05) is 6.79 Å². The van der Waals surface area contributed by atoms with Crippen LogP contribution in [0.3, 0.4) is 0 Å². The number of hydrogen-bond acceptors (Lipinski definition) is 4. The lowest BCUT2D eigenvalue weighted by Crippen LogP contribution is -2.03. The third kappa shape index (κ3) is 1.99. The van der Waals surface area contributed by atoms with E-state index in [0.717, 1.165) is 47.7 Å². The number of hydrogen-bond donors (Lipinski definition) is 0. The zero-order valence-corrected chi connectivity index (χ0v) is 10.8. The lowest BCUT2D eigenvalue weighted by Gasteiger charge is -2.06. The first-order valence-electron chi connectivity index (χ1n) is 6.49. The molecule has 2 aromatic rings. The normalized spacial score (nSPS) is 12.8. The zero-order valence-electron chi connectivity index (χ0n) is 10.8. The van der Waals surface area contributed by atoms with Crippen molar-refractivity contribution in [3.05, 3.63) is 18.0 Å². The van der Waals surface area contributed by atoms with Crippen molar-refractivity contribution in [1.82, 2.24) is 9.55 Å². The van der Waals surface area contributed by atoms with E-state index in [9.17, 15) is 0 Å². The van der Waals surface area contributed by atoms with Gasteiger partial charge in [-0.15, -0.1) is 0 Å². The number of unbranched alkanes of at least 4 members (excludes halogenated alkanes) is 1. The molecule has 0 spiro atoms. The number of aryl methyl sites for hydroxylation is 2. The molecule has 5 nitrogen and oxygen atoms in total. The van der Waals surface area contributed by atoms with Crippen LogP contribution in [0, 0.1) is 11.3 Å². The first kappa shape index (κ1) is 11.8. The molecular weight excluding hydrogens is 242 g/mol. The third-order valence-electron chi connectivity index (χ3n) is 3.31. The molecule has 0 amide bonds. The van der Waals surface area contributed by atoms with E-state index < -0.39 is 0 Å². The second-order valence-electron chi connectivity index (χ2n) is 4.49. The predicted octanol–water partition coefficient (Wildman–Crippen LogP) is 2.63. The summed E-state index contributed by atoms with van der Waals surface area (Å²) in [5, 5.41) is 8.65. The maximum Gasteiger partial charge on any atom is 0.231 e. The molecule has 1 aromatic heterocycles. The second kappa shape index (κ2) is 4.81.